The van der Waals surface area contributed by atoms with Crippen molar-refractivity contribution in [1.82, 2.24) is 20.7 Å². The summed E-state index contributed by atoms with van der Waals surface area (Å²) in [5.74, 6) is 1.46. The van der Waals surface area contributed by atoms with Crippen molar-refractivity contribution >= 4 is 5.91 Å². The van der Waals surface area contributed by atoms with Crippen molar-refractivity contribution in [1.29, 1.82) is 0 Å². The highest BCUT2D eigenvalue weighted by molar-refractivity contribution is 5.95. The smallest absolute Gasteiger partial charge is 0.251 e. The summed E-state index contributed by atoms with van der Waals surface area (Å²) in [4.78, 5) is 25.1. The Balaban J connectivity index is 1.08. The molecule has 0 saturated carbocycles. The summed E-state index contributed by atoms with van der Waals surface area (Å²) >= 11 is 0. The van der Waals surface area contributed by atoms with Crippen molar-refractivity contribution in [3.63, 3.8) is 0 Å². The summed E-state index contributed by atoms with van der Waals surface area (Å²) in [7, 11) is 0. The van der Waals surface area contributed by atoms with Crippen LogP contribution in [0.4, 0.5) is 0 Å². The maximum absolute atomic E-state index is 12.7. The van der Waals surface area contributed by atoms with E-state index in [-0.39, 0.29) is 11.9 Å². The topological polar surface area (TPSA) is 66.5 Å². The molecule has 2 aromatic carbocycles. The van der Waals surface area contributed by atoms with Gasteiger partial charge in [-0.15, -0.1) is 5.48 Å². The van der Waals surface area contributed by atoms with Crippen LogP contribution in [0.1, 0.15) is 34.8 Å². The number of aromatic nitrogens is 1. The number of likely N-dealkylation sites (tertiary alicyclic amines) is 1. The largest absolute Gasteiger partial charge is 0.411 e. The highest BCUT2D eigenvalue weighted by Gasteiger charge is 2.24. The standard InChI is InChI=1S/C28H30N4O2/c33-28(24-9-4-8-23(16-24)25-10-5-13-29-19-25)30-18-21-11-14-32(15-12-21)20-26-17-27(31-34-26)22-6-2-1-3-7-22/h1-10,13,16-17,19,21,27,31H,11-12,14-15,18,20H2,(H,30,33). The minimum Gasteiger partial charge on any atom is -0.411 e. The maximum Gasteiger partial charge on any atom is 0.251 e. The van der Waals surface area contributed by atoms with Crippen LogP contribution in [-0.2, 0) is 4.84 Å². The van der Waals surface area contributed by atoms with Crippen molar-refractivity contribution < 1.29 is 9.63 Å². The van der Waals surface area contributed by atoms with Gasteiger partial charge in [0.1, 0.15) is 5.76 Å². The zero-order valence-electron chi connectivity index (χ0n) is 19.2. The average Bonchev–Trinajstić information content (AvgIpc) is 3.38. The van der Waals surface area contributed by atoms with Crippen LogP contribution in [0.15, 0.2) is 91.0 Å². The number of nitrogens with one attached hydrogen (secondary N) is 2. The van der Waals surface area contributed by atoms with Crippen LogP contribution in [0.5, 0.6) is 0 Å². The molecule has 1 atom stereocenters. The van der Waals surface area contributed by atoms with Gasteiger partial charge in [-0.3, -0.25) is 14.7 Å². The molecule has 0 bridgehead atoms. The van der Waals surface area contributed by atoms with E-state index in [4.69, 9.17) is 4.84 Å². The normalized spacial score (nSPS) is 18.8. The fourth-order valence-corrected chi connectivity index (χ4v) is 4.58. The van der Waals surface area contributed by atoms with E-state index in [0.29, 0.717) is 18.0 Å². The molecule has 1 unspecified atom stereocenters. The van der Waals surface area contributed by atoms with Gasteiger partial charge in [-0.25, -0.2) is 0 Å². The quantitative estimate of drug-likeness (QED) is 0.556. The Labute approximate surface area is 200 Å². The molecule has 5 rings (SSSR count). The molecule has 1 saturated heterocycles. The van der Waals surface area contributed by atoms with Gasteiger partial charge in [-0.05, 0) is 67.3 Å². The number of benzene rings is 2. The molecule has 34 heavy (non-hydrogen) atoms. The third-order valence-electron chi connectivity index (χ3n) is 6.59. The SMILES string of the molecule is O=C(NCC1CCN(CC2=CC(c3ccccc3)NO2)CC1)c1cccc(-c2cccnc2)c1. The summed E-state index contributed by atoms with van der Waals surface area (Å²) in [5.41, 5.74) is 7.02. The van der Waals surface area contributed by atoms with Crippen molar-refractivity contribution in [3.05, 3.63) is 102 Å². The van der Waals surface area contributed by atoms with Crippen LogP contribution in [0.2, 0.25) is 0 Å². The Kier molecular flexibility index (Phi) is 6.98. The number of hydroxylamine groups is 1. The second kappa shape index (κ2) is 10.6. The molecule has 6 nitrogen and oxygen atoms in total. The number of pyridine rings is 1. The van der Waals surface area contributed by atoms with Crippen LogP contribution in [-0.4, -0.2) is 42.0 Å². The lowest BCUT2D eigenvalue weighted by atomic mass is 9.96. The number of hydrogen-bond donors (Lipinski definition) is 2. The van der Waals surface area contributed by atoms with Gasteiger partial charge in [0.2, 0.25) is 0 Å². The second-order valence-corrected chi connectivity index (χ2v) is 8.99. The molecule has 3 aromatic rings. The molecular formula is C28H30N4O2. The maximum atomic E-state index is 12.7. The molecule has 2 aliphatic rings. The van der Waals surface area contributed by atoms with Gasteiger partial charge in [0.15, 0.2) is 0 Å². The number of amides is 1. The molecule has 2 N–H and O–H groups in total. The lowest BCUT2D eigenvalue weighted by molar-refractivity contribution is 0.0865. The zero-order chi connectivity index (χ0) is 23.2. The Morgan fingerprint density at radius 1 is 1.03 bits per heavy atom. The fraction of sp³-hybridized carbons (Fsp3) is 0.286. The van der Waals surface area contributed by atoms with Gasteiger partial charge in [0.05, 0.1) is 12.6 Å². The molecular weight excluding hydrogens is 424 g/mol. The molecule has 3 heterocycles. The minimum absolute atomic E-state index is 0.0179. The highest BCUT2D eigenvalue weighted by atomic mass is 16.7. The van der Waals surface area contributed by atoms with Gasteiger partial charge in [-0.2, -0.15) is 0 Å². The third-order valence-corrected chi connectivity index (χ3v) is 6.59. The van der Waals surface area contributed by atoms with Crippen LogP contribution >= 0.6 is 0 Å². The first-order valence-electron chi connectivity index (χ1n) is 11.9. The van der Waals surface area contributed by atoms with Crippen LogP contribution in [0.25, 0.3) is 11.1 Å². The molecule has 174 valence electrons. The fourth-order valence-electron chi connectivity index (χ4n) is 4.58. The first-order chi connectivity index (χ1) is 16.7. The molecule has 1 aromatic heterocycles. The second-order valence-electron chi connectivity index (χ2n) is 8.99. The lowest BCUT2D eigenvalue weighted by Crippen LogP contribution is -2.39. The summed E-state index contributed by atoms with van der Waals surface area (Å²) in [6.45, 7) is 3.54. The lowest BCUT2D eigenvalue weighted by Gasteiger charge is -2.31. The summed E-state index contributed by atoms with van der Waals surface area (Å²) in [6.07, 6.45) is 7.87. The number of nitrogens with zero attached hydrogens (tertiary/aromatic N) is 2. The Morgan fingerprint density at radius 3 is 2.65 bits per heavy atom. The summed E-state index contributed by atoms with van der Waals surface area (Å²) < 4.78 is 0. The van der Waals surface area contributed by atoms with Crippen molar-refractivity contribution in [2.45, 2.75) is 18.9 Å². The van der Waals surface area contributed by atoms with Crippen molar-refractivity contribution in [3.8, 4) is 11.1 Å². The number of carbonyl (C=O) groups excluding carboxylic acids is 1. The first-order valence-corrected chi connectivity index (χ1v) is 11.9. The Morgan fingerprint density at radius 2 is 1.85 bits per heavy atom. The number of carbonyl (C=O) groups is 1. The predicted octanol–water partition coefficient (Wildman–Crippen LogP) is 4.35. The monoisotopic (exact) mass is 454 g/mol. The van der Waals surface area contributed by atoms with E-state index >= 15 is 0 Å². The van der Waals surface area contributed by atoms with E-state index in [1.54, 1.807) is 6.20 Å². The van der Waals surface area contributed by atoms with E-state index in [9.17, 15) is 4.79 Å². The summed E-state index contributed by atoms with van der Waals surface area (Å²) in [5, 5.41) is 3.14. The molecule has 1 amide bonds. The molecule has 0 aliphatic carbocycles. The van der Waals surface area contributed by atoms with Crippen molar-refractivity contribution in [2.24, 2.45) is 5.92 Å². The number of hydrogen-bond acceptors (Lipinski definition) is 5. The summed E-state index contributed by atoms with van der Waals surface area (Å²) in [6, 6.07) is 22.1. The Hall–Kier alpha value is -3.48. The third kappa shape index (κ3) is 5.53. The molecule has 0 spiro atoms. The van der Waals surface area contributed by atoms with Gasteiger partial charge in [0.25, 0.3) is 5.91 Å². The minimum atomic E-state index is -0.0179. The van der Waals surface area contributed by atoms with Crippen molar-refractivity contribution in [2.75, 3.05) is 26.2 Å². The molecule has 6 heteroatoms. The van der Waals surface area contributed by atoms with E-state index in [2.05, 4.69) is 38.9 Å². The molecule has 1 fully saturated rings. The van der Waals surface area contributed by atoms with E-state index in [1.807, 2.05) is 60.8 Å². The van der Waals surface area contributed by atoms with E-state index < -0.39 is 0 Å². The van der Waals surface area contributed by atoms with Gasteiger partial charge < -0.3 is 10.2 Å². The van der Waals surface area contributed by atoms with Crippen LogP contribution in [0, 0.1) is 5.92 Å². The van der Waals surface area contributed by atoms with Gasteiger partial charge >= 0.3 is 0 Å². The molecule has 0 radical (unpaired) electrons. The van der Waals surface area contributed by atoms with Gasteiger partial charge in [0, 0.05) is 30.1 Å². The first kappa shape index (κ1) is 22.3. The van der Waals surface area contributed by atoms with Crippen LogP contribution < -0.4 is 10.8 Å². The Bertz CT molecular complexity index is 1130. The number of rotatable bonds is 7. The number of piperidine rings is 1. The zero-order valence-corrected chi connectivity index (χ0v) is 19.2. The molecule has 2 aliphatic heterocycles. The van der Waals surface area contributed by atoms with E-state index in [0.717, 1.165) is 49.4 Å². The van der Waals surface area contributed by atoms with Crippen LogP contribution in [0.3, 0.4) is 0 Å². The average molecular weight is 455 g/mol. The predicted molar refractivity (Wildman–Crippen MR) is 133 cm³/mol. The van der Waals surface area contributed by atoms with Gasteiger partial charge in [-0.1, -0.05) is 48.5 Å². The highest BCUT2D eigenvalue weighted by Crippen LogP contribution is 2.24. The van der Waals surface area contributed by atoms with E-state index in [1.165, 1.54) is 5.56 Å².